The molecule has 27 heavy (non-hydrogen) atoms. The molecular weight excluding hydrogens is 412 g/mol. The van der Waals surface area contributed by atoms with E-state index in [1.807, 2.05) is 0 Å². The van der Waals surface area contributed by atoms with Crippen molar-refractivity contribution in [1.82, 2.24) is 0 Å². The summed E-state index contributed by atoms with van der Waals surface area (Å²) in [7, 11) is 3.05. The highest BCUT2D eigenvalue weighted by Crippen LogP contribution is 2.64. The van der Waals surface area contributed by atoms with Gasteiger partial charge in [-0.1, -0.05) is 15.9 Å². The lowest BCUT2D eigenvalue weighted by Gasteiger charge is -2.58. The highest BCUT2D eigenvalue weighted by Gasteiger charge is 2.60. The quantitative estimate of drug-likeness (QED) is 0.380. The molecule has 0 spiro atoms. The maximum absolute atomic E-state index is 13.0. The fourth-order valence-electron chi connectivity index (χ4n) is 5.78. The number of esters is 1. The highest BCUT2D eigenvalue weighted by atomic mass is 79.9. The Labute approximate surface area is 167 Å². The van der Waals surface area contributed by atoms with Crippen LogP contribution < -0.4 is 9.47 Å². The summed E-state index contributed by atoms with van der Waals surface area (Å²) in [6.45, 7) is -0.269. The molecule has 0 radical (unpaired) electrons. The second-order valence-corrected chi connectivity index (χ2v) is 10.1. The van der Waals surface area contributed by atoms with E-state index in [4.69, 9.17) is 14.2 Å². The fraction of sp³-hybridized carbons (Fsp3) is 0.619. The topological polar surface area (TPSA) is 61.8 Å². The van der Waals surface area contributed by atoms with Gasteiger partial charge in [0, 0.05) is 4.32 Å². The Morgan fingerprint density at radius 3 is 2.41 bits per heavy atom. The van der Waals surface area contributed by atoms with E-state index >= 15 is 0 Å². The predicted molar refractivity (Wildman–Crippen MR) is 104 cm³/mol. The molecule has 4 saturated carbocycles. The number of ether oxygens (including phenoxy) is 3. The summed E-state index contributed by atoms with van der Waals surface area (Å²) in [4.78, 5) is 25.7. The SMILES string of the molecule is COc1ccc(OC)c(C(=O)COC(=O)C23CC4CC(CC(Br)(C4)C2)C3)c1. The van der Waals surface area contributed by atoms with Crippen LogP contribution in [0.4, 0.5) is 0 Å². The number of carbonyl (C=O) groups is 2. The largest absolute Gasteiger partial charge is 0.497 e. The van der Waals surface area contributed by atoms with Gasteiger partial charge in [-0.15, -0.1) is 0 Å². The molecule has 146 valence electrons. The van der Waals surface area contributed by atoms with Crippen molar-refractivity contribution in [3.63, 3.8) is 0 Å². The van der Waals surface area contributed by atoms with Crippen molar-refractivity contribution < 1.29 is 23.8 Å². The van der Waals surface area contributed by atoms with E-state index in [-0.39, 0.29) is 22.7 Å². The number of Topliss-reactive ketones (excluding diaryl/α,β-unsaturated/α-hetero) is 1. The monoisotopic (exact) mass is 436 g/mol. The molecule has 0 amide bonds. The van der Waals surface area contributed by atoms with Crippen LogP contribution >= 0.6 is 15.9 Å². The Morgan fingerprint density at radius 2 is 1.81 bits per heavy atom. The van der Waals surface area contributed by atoms with Gasteiger partial charge in [0.05, 0.1) is 25.2 Å². The summed E-state index contributed by atoms with van der Waals surface area (Å²) in [6.07, 6.45) is 6.14. The second-order valence-electron chi connectivity index (χ2n) is 8.46. The van der Waals surface area contributed by atoms with Gasteiger partial charge in [-0.25, -0.2) is 0 Å². The molecule has 0 heterocycles. The van der Waals surface area contributed by atoms with Crippen molar-refractivity contribution in [2.24, 2.45) is 17.3 Å². The van der Waals surface area contributed by atoms with Gasteiger partial charge in [0.15, 0.2) is 6.61 Å². The molecular formula is C21H25BrO5. The van der Waals surface area contributed by atoms with Gasteiger partial charge in [-0.2, -0.15) is 0 Å². The van der Waals surface area contributed by atoms with E-state index in [1.165, 1.54) is 13.5 Å². The number of benzene rings is 1. The molecule has 0 N–H and O–H groups in total. The number of alkyl halides is 1. The van der Waals surface area contributed by atoms with Crippen LogP contribution in [0.5, 0.6) is 11.5 Å². The van der Waals surface area contributed by atoms with Crippen molar-refractivity contribution in [3.8, 4) is 11.5 Å². The van der Waals surface area contributed by atoms with Crippen molar-refractivity contribution >= 4 is 27.7 Å². The Kier molecular flexibility index (Phi) is 4.73. The van der Waals surface area contributed by atoms with Gasteiger partial charge in [-0.05, 0) is 68.6 Å². The maximum Gasteiger partial charge on any atom is 0.312 e. The first-order valence-electron chi connectivity index (χ1n) is 9.48. The Balaban J connectivity index is 1.46. The molecule has 4 bridgehead atoms. The molecule has 4 fully saturated rings. The third kappa shape index (κ3) is 3.37. The molecule has 5 nitrogen and oxygen atoms in total. The number of methoxy groups -OCH3 is 2. The average molecular weight is 437 g/mol. The standard InChI is InChI=1S/C21H25BrO5/c1-25-15-3-4-18(26-2)16(6-15)17(23)11-27-19(24)20-7-13-5-14(8-20)10-21(22,9-13)12-20/h3-4,6,13-14H,5,7-12H2,1-2H3. The van der Waals surface area contributed by atoms with Crippen molar-refractivity contribution in [3.05, 3.63) is 23.8 Å². The molecule has 0 aliphatic heterocycles. The molecule has 4 aliphatic rings. The van der Waals surface area contributed by atoms with E-state index in [0.717, 1.165) is 32.1 Å². The summed E-state index contributed by atoms with van der Waals surface area (Å²) in [5.74, 6) is 1.70. The van der Waals surface area contributed by atoms with E-state index < -0.39 is 5.41 Å². The van der Waals surface area contributed by atoms with Crippen LogP contribution in [0.2, 0.25) is 0 Å². The number of hydrogen-bond acceptors (Lipinski definition) is 5. The molecule has 6 heteroatoms. The van der Waals surface area contributed by atoms with E-state index in [1.54, 1.807) is 25.3 Å². The molecule has 5 rings (SSSR count). The van der Waals surface area contributed by atoms with Crippen LogP contribution in [0.1, 0.15) is 48.9 Å². The zero-order valence-electron chi connectivity index (χ0n) is 15.8. The van der Waals surface area contributed by atoms with Gasteiger partial charge < -0.3 is 14.2 Å². The zero-order chi connectivity index (χ0) is 19.2. The molecule has 1 aromatic carbocycles. The summed E-state index contributed by atoms with van der Waals surface area (Å²) >= 11 is 3.91. The van der Waals surface area contributed by atoms with Crippen LogP contribution in [-0.4, -0.2) is 36.9 Å². The van der Waals surface area contributed by atoms with Crippen LogP contribution in [0.25, 0.3) is 0 Å². The van der Waals surface area contributed by atoms with Crippen molar-refractivity contribution in [2.45, 2.75) is 42.8 Å². The Morgan fingerprint density at radius 1 is 1.11 bits per heavy atom. The summed E-state index contributed by atoms with van der Waals surface area (Å²) in [5.41, 5.74) is -0.0566. The number of hydrogen-bond donors (Lipinski definition) is 0. The minimum atomic E-state index is -0.424. The predicted octanol–water partition coefficient (Wildman–Crippen LogP) is 4.16. The first kappa shape index (κ1) is 18.8. The summed E-state index contributed by atoms with van der Waals surface area (Å²) < 4.78 is 16.1. The lowest BCUT2D eigenvalue weighted by Crippen LogP contribution is -2.56. The van der Waals surface area contributed by atoms with E-state index in [9.17, 15) is 9.59 Å². The third-order valence-electron chi connectivity index (χ3n) is 6.46. The highest BCUT2D eigenvalue weighted by molar-refractivity contribution is 9.10. The minimum absolute atomic E-state index is 0.0795. The molecule has 4 aliphatic carbocycles. The van der Waals surface area contributed by atoms with Crippen LogP contribution in [-0.2, 0) is 9.53 Å². The number of halogens is 1. The Hall–Kier alpha value is -1.56. The van der Waals surface area contributed by atoms with Crippen LogP contribution in [0.3, 0.4) is 0 Å². The summed E-state index contributed by atoms with van der Waals surface area (Å²) in [5, 5.41) is 0. The lowest BCUT2D eigenvalue weighted by atomic mass is 9.49. The normalized spacial score (nSPS) is 33.6. The minimum Gasteiger partial charge on any atom is -0.497 e. The second kappa shape index (κ2) is 6.80. The van der Waals surface area contributed by atoms with E-state index in [0.29, 0.717) is 28.9 Å². The number of carbonyl (C=O) groups excluding carboxylic acids is 2. The zero-order valence-corrected chi connectivity index (χ0v) is 17.3. The Bertz CT molecular complexity index is 760. The third-order valence-corrected chi connectivity index (χ3v) is 7.39. The fourth-order valence-corrected chi connectivity index (χ4v) is 7.24. The molecule has 2 unspecified atom stereocenters. The van der Waals surface area contributed by atoms with Crippen LogP contribution in [0, 0.1) is 17.3 Å². The van der Waals surface area contributed by atoms with Gasteiger partial charge in [0.25, 0.3) is 0 Å². The number of ketones is 1. The number of rotatable bonds is 6. The van der Waals surface area contributed by atoms with Gasteiger partial charge >= 0.3 is 5.97 Å². The van der Waals surface area contributed by atoms with Gasteiger partial charge in [-0.3, -0.25) is 9.59 Å². The lowest BCUT2D eigenvalue weighted by molar-refractivity contribution is -0.168. The first-order chi connectivity index (χ1) is 12.9. The maximum atomic E-state index is 13.0. The van der Waals surface area contributed by atoms with Crippen molar-refractivity contribution in [2.75, 3.05) is 20.8 Å². The van der Waals surface area contributed by atoms with Gasteiger partial charge in [0.1, 0.15) is 11.5 Å². The van der Waals surface area contributed by atoms with E-state index in [2.05, 4.69) is 15.9 Å². The van der Waals surface area contributed by atoms with Crippen molar-refractivity contribution in [1.29, 1.82) is 0 Å². The average Bonchev–Trinajstić information content (AvgIpc) is 2.63. The molecule has 0 aromatic heterocycles. The smallest absolute Gasteiger partial charge is 0.312 e. The first-order valence-corrected chi connectivity index (χ1v) is 10.3. The molecule has 1 aromatic rings. The molecule has 0 saturated heterocycles. The summed E-state index contributed by atoms with van der Waals surface area (Å²) in [6, 6.07) is 5.03. The van der Waals surface area contributed by atoms with Crippen LogP contribution in [0.15, 0.2) is 18.2 Å². The van der Waals surface area contributed by atoms with Gasteiger partial charge in [0.2, 0.25) is 5.78 Å². The molecule has 2 atom stereocenters.